The predicted molar refractivity (Wildman–Crippen MR) is 119 cm³/mol. The number of anilines is 1. The number of carbonyl (C=O) groups excluding carboxylic acids is 1. The first kappa shape index (κ1) is 20.4. The number of aromatic hydroxyl groups is 1. The molecule has 29 heavy (non-hydrogen) atoms. The molecule has 5 nitrogen and oxygen atoms in total. The highest BCUT2D eigenvalue weighted by Crippen LogP contribution is 2.27. The third-order valence-electron chi connectivity index (χ3n) is 4.96. The van der Waals surface area contributed by atoms with Crippen LogP contribution in [0.1, 0.15) is 35.7 Å². The Kier molecular flexibility index (Phi) is 6.17. The third-order valence-corrected chi connectivity index (χ3v) is 4.96. The minimum Gasteiger partial charge on any atom is -0.506 e. The van der Waals surface area contributed by atoms with Gasteiger partial charge in [0, 0.05) is 31.7 Å². The fourth-order valence-corrected chi connectivity index (χ4v) is 3.29. The summed E-state index contributed by atoms with van der Waals surface area (Å²) < 4.78 is 1.59. The van der Waals surface area contributed by atoms with Gasteiger partial charge in [-0.15, -0.1) is 0 Å². The Labute approximate surface area is 170 Å². The van der Waals surface area contributed by atoms with Crippen LogP contribution >= 0.6 is 0 Å². The SMILES string of the molecule is CCCCn1c(=O)c(C(=O)/C=C/c2ccc(N(C)C)cc2)c(O)c2ccccc21. The van der Waals surface area contributed by atoms with Crippen molar-refractivity contribution in [1.82, 2.24) is 4.57 Å². The van der Waals surface area contributed by atoms with Crippen molar-refractivity contribution in [3.63, 3.8) is 0 Å². The molecule has 0 bridgehead atoms. The lowest BCUT2D eigenvalue weighted by Crippen LogP contribution is -2.26. The summed E-state index contributed by atoms with van der Waals surface area (Å²) >= 11 is 0. The molecule has 150 valence electrons. The molecule has 1 aromatic heterocycles. The highest BCUT2D eigenvalue weighted by atomic mass is 16.3. The van der Waals surface area contributed by atoms with Crippen molar-refractivity contribution in [1.29, 1.82) is 0 Å². The fraction of sp³-hybridized carbons (Fsp3) is 0.250. The fourth-order valence-electron chi connectivity index (χ4n) is 3.29. The monoisotopic (exact) mass is 390 g/mol. The van der Waals surface area contributed by atoms with Crippen molar-refractivity contribution < 1.29 is 9.90 Å². The molecule has 0 aliphatic heterocycles. The highest BCUT2D eigenvalue weighted by Gasteiger charge is 2.20. The molecule has 2 aromatic carbocycles. The molecule has 1 heterocycles. The number of aromatic nitrogens is 1. The summed E-state index contributed by atoms with van der Waals surface area (Å²) in [5, 5.41) is 11.2. The van der Waals surface area contributed by atoms with E-state index in [0.29, 0.717) is 17.4 Å². The third kappa shape index (κ3) is 4.24. The van der Waals surface area contributed by atoms with Crippen molar-refractivity contribution >= 4 is 28.4 Å². The summed E-state index contributed by atoms with van der Waals surface area (Å²) in [4.78, 5) is 27.9. The van der Waals surface area contributed by atoms with Gasteiger partial charge in [-0.1, -0.05) is 43.7 Å². The van der Waals surface area contributed by atoms with Gasteiger partial charge in [-0.2, -0.15) is 0 Å². The van der Waals surface area contributed by atoms with Crippen LogP contribution in [0.2, 0.25) is 0 Å². The molecule has 3 rings (SSSR count). The number of benzene rings is 2. The van der Waals surface area contributed by atoms with Gasteiger partial charge in [-0.05, 0) is 42.3 Å². The molecule has 5 heteroatoms. The Morgan fingerprint density at radius 3 is 2.45 bits per heavy atom. The van der Waals surface area contributed by atoms with E-state index in [1.54, 1.807) is 28.8 Å². The number of unbranched alkanes of at least 4 members (excludes halogenated alkanes) is 1. The largest absolute Gasteiger partial charge is 0.506 e. The zero-order chi connectivity index (χ0) is 21.0. The smallest absolute Gasteiger partial charge is 0.266 e. The van der Waals surface area contributed by atoms with Crippen LogP contribution < -0.4 is 10.5 Å². The van der Waals surface area contributed by atoms with E-state index >= 15 is 0 Å². The number of nitrogens with zero attached hydrogens (tertiary/aromatic N) is 2. The molecule has 0 amide bonds. The lowest BCUT2D eigenvalue weighted by molar-refractivity contribution is 0.104. The zero-order valence-electron chi connectivity index (χ0n) is 17.1. The molecular weight excluding hydrogens is 364 g/mol. The lowest BCUT2D eigenvalue weighted by Gasteiger charge is -2.13. The van der Waals surface area contributed by atoms with E-state index in [1.807, 2.05) is 56.3 Å². The van der Waals surface area contributed by atoms with E-state index in [9.17, 15) is 14.7 Å². The second-order valence-corrected chi connectivity index (χ2v) is 7.23. The Balaban J connectivity index is 2.01. The van der Waals surface area contributed by atoms with Gasteiger partial charge in [-0.3, -0.25) is 9.59 Å². The Morgan fingerprint density at radius 2 is 1.79 bits per heavy atom. The standard InChI is InChI=1S/C24H26N2O3/c1-4-5-16-26-20-9-7-6-8-19(20)23(28)22(24(26)29)21(27)15-12-17-10-13-18(14-11-17)25(2)3/h6-15,28H,4-5,16H2,1-3H3/b15-12+. The topological polar surface area (TPSA) is 62.5 Å². The summed E-state index contributed by atoms with van der Waals surface area (Å²) in [6.45, 7) is 2.55. The number of hydrogen-bond acceptors (Lipinski definition) is 4. The maximum absolute atomic E-state index is 13.0. The van der Waals surface area contributed by atoms with Gasteiger partial charge in [0.05, 0.1) is 5.52 Å². The highest BCUT2D eigenvalue weighted by molar-refractivity contribution is 6.11. The van der Waals surface area contributed by atoms with E-state index in [-0.39, 0.29) is 11.3 Å². The summed E-state index contributed by atoms with van der Waals surface area (Å²) in [6, 6.07) is 14.8. The maximum atomic E-state index is 13.0. The van der Waals surface area contributed by atoms with Crippen LogP contribution in [0.5, 0.6) is 5.75 Å². The molecule has 0 saturated heterocycles. The van der Waals surface area contributed by atoms with E-state index in [1.165, 1.54) is 6.08 Å². The Hall–Kier alpha value is -3.34. The number of para-hydroxylation sites is 1. The van der Waals surface area contributed by atoms with E-state index in [4.69, 9.17) is 0 Å². The van der Waals surface area contributed by atoms with Crippen LogP contribution in [0.3, 0.4) is 0 Å². The number of carbonyl (C=O) groups is 1. The quantitative estimate of drug-likeness (QED) is 0.478. The van der Waals surface area contributed by atoms with Crippen LogP contribution in [0.4, 0.5) is 5.69 Å². The number of ketones is 1. The maximum Gasteiger partial charge on any atom is 0.266 e. The summed E-state index contributed by atoms with van der Waals surface area (Å²) in [7, 11) is 3.92. The first-order chi connectivity index (χ1) is 13.9. The van der Waals surface area contributed by atoms with Crippen molar-refractivity contribution in [3.8, 4) is 5.75 Å². The number of fused-ring (bicyclic) bond motifs is 1. The number of rotatable bonds is 7. The minimum atomic E-state index is -0.500. The molecule has 1 N–H and O–H groups in total. The van der Waals surface area contributed by atoms with Gasteiger partial charge in [-0.25, -0.2) is 0 Å². The molecule has 0 aliphatic rings. The average Bonchev–Trinajstić information content (AvgIpc) is 2.72. The molecule has 0 fully saturated rings. The van der Waals surface area contributed by atoms with Gasteiger partial charge in [0.1, 0.15) is 11.3 Å². The van der Waals surface area contributed by atoms with Crippen LogP contribution in [0, 0.1) is 0 Å². The predicted octanol–water partition coefficient (Wildman–Crippen LogP) is 4.47. The summed E-state index contributed by atoms with van der Waals surface area (Å²) in [6.07, 6.45) is 4.75. The van der Waals surface area contributed by atoms with E-state index < -0.39 is 11.3 Å². The normalized spacial score (nSPS) is 11.3. The molecule has 0 atom stereocenters. The molecule has 0 unspecified atom stereocenters. The van der Waals surface area contributed by atoms with Crippen molar-refractivity contribution in [2.45, 2.75) is 26.3 Å². The van der Waals surface area contributed by atoms with Crippen molar-refractivity contribution in [2.75, 3.05) is 19.0 Å². The molecular formula is C24H26N2O3. The number of allylic oxidation sites excluding steroid dienone is 1. The number of hydrogen-bond donors (Lipinski definition) is 1. The first-order valence-electron chi connectivity index (χ1n) is 9.78. The van der Waals surface area contributed by atoms with Crippen molar-refractivity contribution in [3.05, 3.63) is 76.1 Å². The second kappa shape index (κ2) is 8.78. The van der Waals surface area contributed by atoms with Crippen LogP contribution in [0.25, 0.3) is 17.0 Å². The summed E-state index contributed by atoms with van der Waals surface area (Å²) in [5.41, 5.74) is 1.91. The Morgan fingerprint density at radius 1 is 1.10 bits per heavy atom. The molecule has 0 spiro atoms. The van der Waals surface area contributed by atoms with Gasteiger partial charge in [0.2, 0.25) is 0 Å². The average molecular weight is 390 g/mol. The zero-order valence-corrected chi connectivity index (χ0v) is 17.1. The Bertz CT molecular complexity index is 1110. The summed E-state index contributed by atoms with van der Waals surface area (Å²) in [5.74, 6) is -0.754. The molecule has 0 radical (unpaired) electrons. The number of aryl methyl sites for hydroxylation is 1. The van der Waals surface area contributed by atoms with E-state index in [2.05, 4.69) is 0 Å². The van der Waals surface area contributed by atoms with Crippen LogP contribution in [-0.4, -0.2) is 29.6 Å². The van der Waals surface area contributed by atoms with Crippen LogP contribution in [-0.2, 0) is 6.54 Å². The van der Waals surface area contributed by atoms with Crippen LogP contribution in [0.15, 0.2) is 59.4 Å². The lowest BCUT2D eigenvalue weighted by atomic mass is 10.0. The first-order valence-corrected chi connectivity index (χ1v) is 9.78. The van der Waals surface area contributed by atoms with Gasteiger partial charge in [0.25, 0.3) is 5.56 Å². The van der Waals surface area contributed by atoms with Gasteiger partial charge < -0.3 is 14.6 Å². The van der Waals surface area contributed by atoms with E-state index in [0.717, 1.165) is 24.1 Å². The van der Waals surface area contributed by atoms with Gasteiger partial charge >= 0.3 is 0 Å². The minimum absolute atomic E-state index is 0.180. The number of pyridine rings is 1. The molecule has 3 aromatic rings. The molecule has 0 saturated carbocycles. The molecule has 0 aliphatic carbocycles. The van der Waals surface area contributed by atoms with Gasteiger partial charge in [0.15, 0.2) is 5.78 Å². The second-order valence-electron chi connectivity index (χ2n) is 7.23. The van der Waals surface area contributed by atoms with Crippen molar-refractivity contribution in [2.24, 2.45) is 0 Å².